The summed E-state index contributed by atoms with van der Waals surface area (Å²) >= 11 is 0. The van der Waals surface area contributed by atoms with Gasteiger partial charge in [0.05, 0.1) is 5.56 Å². The zero-order valence-electron chi connectivity index (χ0n) is 8.23. The SMILES string of the molecule is Nc1ccc([C@H](N)C(F)(F)F)c(C(F)(F)F)c1. The summed E-state index contributed by atoms with van der Waals surface area (Å²) in [5, 5.41) is 0. The Morgan fingerprint density at radius 3 is 1.94 bits per heavy atom. The van der Waals surface area contributed by atoms with E-state index in [0.29, 0.717) is 12.1 Å². The monoisotopic (exact) mass is 258 g/mol. The lowest BCUT2D eigenvalue weighted by atomic mass is 9.99. The highest BCUT2D eigenvalue weighted by Crippen LogP contribution is 2.39. The van der Waals surface area contributed by atoms with E-state index in [-0.39, 0.29) is 5.69 Å². The second kappa shape index (κ2) is 4.10. The Hall–Kier alpha value is -1.44. The fourth-order valence-electron chi connectivity index (χ4n) is 1.27. The molecule has 1 aromatic carbocycles. The zero-order valence-corrected chi connectivity index (χ0v) is 8.23. The third kappa shape index (κ3) is 3.02. The van der Waals surface area contributed by atoms with Crippen molar-refractivity contribution in [2.45, 2.75) is 18.4 Å². The van der Waals surface area contributed by atoms with Crippen LogP contribution in [0.15, 0.2) is 18.2 Å². The molecule has 0 amide bonds. The van der Waals surface area contributed by atoms with Gasteiger partial charge in [0.25, 0.3) is 0 Å². The predicted octanol–water partition coefficient (Wildman–Crippen LogP) is 2.85. The maximum Gasteiger partial charge on any atom is 0.416 e. The van der Waals surface area contributed by atoms with Crippen LogP contribution in [-0.4, -0.2) is 6.18 Å². The molecule has 8 heteroatoms. The Morgan fingerprint density at radius 2 is 1.53 bits per heavy atom. The van der Waals surface area contributed by atoms with Gasteiger partial charge in [-0.25, -0.2) is 0 Å². The van der Waals surface area contributed by atoms with Gasteiger partial charge in [-0.15, -0.1) is 0 Å². The molecule has 0 aromatic heterocycles. The lowest BCUT2D eigenvalue weighted by molar-refractivity contribution is -0.155. The van der Waals surface area contributed by atoms with E-state index < -0.39 is 29.5 Å². The third-order valence-corrected chi connectivity index (χ3v) is 2.07. The van der Waals surface area contributed by atoms with Crippen LogP contribution >= 0.6 is 0 Å². The van der Waals surface area contributed by atoms with Crippen LogP contribution in [0.1, 0.15) is 17.2 Å². The van der Waals surface area contributed by atoms with Gasteiger partial charge in [-0.3, -0.25) is 0 Å². The summed E-state index contributed by atoms with van der Waals surface area (Å²) in [7, 11) is 0. The molecule has 4 N–H and O–H groups in total. The van der Waals surface area contributed by atoms with Crippen LogP contribution in [0.2, 0.25) is 0 Å². The molecule has 0 aliphatic carbocycles. The molecular weight excluding hydrogens is 250 g/mol. The number of anilines is 1. The van der Waals surface area contributed by atoms with Crippen molar-refractivity contribution in [2.75, 3.05) is 5.73 Å². The molecule has 0 unspecified atom stereocenters. The Kier molecular flexibility index (Phi) is 3.28. The Balaban J connectivity index is 3.34. The van der Waals surface area contributed by atoms with E-state index in [1.54, 1.807) is 0 Å². The van der Waals surface area contributed by atoms with E-state index in [2.05, 4.69) is 0 Å². The highest BCUT2D eigenvalue weighted by molar-refractivity contribution is 5.47. The topological polar surface area (TPSA) is 52.0 Å². The van der Waals surface area contributed by atoms with E-state index in [0.717, 1.165) is 6.07 Å². The largest absolute Gasteiger partial charge is 0.416 e. The molecule has 96 valence electrons. The van der Waals surface area contributed by atoms with Crippen molar-refractivity contribution >= 4 is 5.69 Å². The summed E-state index contributed by atoms with van der Waals surface area (Å²) < 4.78 is 74.3. The number of hydrogen-bond acceptors (Lipinski definition) is 2. The minimum Gasteiger partial charge on any atom is -0.399 e. The maximum atomic E-state index is 12.5. The maximum absolute atomic E-state index is 12.5. The zero-order chi connectivity index (χ0) is 13.4. The lowest BCUT2D eigenvalue weighted by Gasteiger charge is -2.20. The fraction of sp³-hybridized carbons (Fsp3) is 0.333. The standard InChI is InChI=1S/C9H8F6N2/c10-8(11,12)6-3-4(16)1-2-5(6)7(17)9(13,14)15/h1-3,7H,16-17H2/t7-/m0/s1. The minimum atomic E-state index is -4.95. The minimum absolute atomic E-state index is 0.282. The van der Waals surface area contributed by atoms with E-state index in [4.69, 9.17) is 11.5 Å². The number of hydrogen-bond donors (Lipinski definition) is 2. The van der Waals surface area contributed by atoms with Crippen molar-refractivity contribution in [3.05, 3.63) is 29.3 Å². The first-order valence-corrected chi connectivity index (χ1v) is 4.32. The molecule has 0 aliphatic heterocycles. The van der Waals surface area contributed by atoms with Crippen molar-refractivity contribution < 1.29 is 26.3 Å². The second-order valence-corrected chi connectivity index (χ2v) is 3.36. The van der Waals surface area contributed by atoms with Gasteiger partial charge in [0, 0.05) is 5.69 Å². The van der Waals surface area contributed by atoms with E-state index in [1.165, 1.54) is 0 Å². The van der Waals surface area contributed by atoms with Crippen molar-refractivity contribution in [3.8, 4) is 0 Å². The van der Waals surface area contributed by atoms with Crippen LogP contribution in [0.4, 0.5) is 32.0 Å². The molecule has 17 heavy (non-hydrogen) atoms. The normalized spacial score (nSPS) is 14.8. The average molecular weight is 258 g/mol. The summed E-state index contributed by atoms with van der Waals surface area (Å²) in [5.41, 5.74) is 7.07. The van der Waals surface area contributed by atoms with Crippen LogP contribution in [0.5, 0.6) is 0 Å². The Bertz CT molecular complexity index is 409. The molecule has 0 spiro atoms. The number of alkyl halides is 6. The quantitative estimate of drug-likeness (QED) is 0.601. The van der Waals surface area contributed by atoms with E-state index in [9.17, 15) is 26.3 Å². The molecule has 0 bridgehead atoms. The Morgan fingerprint density at radius 1 is 1.00 bits per heavy atom. The lowest BCUT2D eigenvalue weighted by Crippen LogP contribution is -2.30. The molecule has 0 radical (unpaired) electrons. The second-order valence-electron chi connectivity index (χ2n) is 3.36. The first-order chi connectivity index (χ1) is 7.53. The predicted molar refractivity (Wildman–Crippen MR) is 48.8 cm³/mol. The van der Waals surface area contributed by atoms with Gasteiger partial charge in [-0.05, 0) is 17.7 Å². The average Bonchev–Trinajstić information content (AvgIpc) is 2.14. The molecule has 0 saturated heterocycles. The van der Waals surface area contributed by atoms with E-state index in [1.807, 2.05) is 0 Å². The fourth-order valence-corrected chi connectivity index (χ4v) is 1.27. The van der Waals surface area contributed by atoms with Crippen LogP contribution in [0.25, 0.3) is 0 Å². The third-order valence-electron chi connectivity index (χ3n) is 2.07. The smallest absolute Gasteiger partial charge is 0.399 e. The first kappa shape index (κ1) is 13.6. The number of benzene rings is 1. The van der Waals surface area contributed by atoms with Crippen LogP contribution in [0, 0.1) is 0 Å². The van der Waals surface area contributed by atoms with Crippen molar-refractivity contribution in [1.82, 2.24) is 0 Å². The van der Waals surface area contributed by atoms with Crippen LogP contribution < -0.4 is 11.5 Å². The molecule has 1 rings (SSSR count). The van der Waals surface area contributed by atoms with Crippen molar-refractivity contribution in [2.24, 2.45) is 5.73 Å². The summed E-state index contributed by atoms with van der Waals surface area (Å²) in [6, 6.07) is -0.687. The summed E-state index contributed by atoms with van der Waals surface area (Å²) in [5.74, 6) is 0. The molecule has 0 fully saturated rings. The first-order valence-electron chi connectivity index (χ1n) is 4.32. The molecule has 2 nitrogen and oxygen atoms in total. The van der Waals surface area contributed by atoms with Crippen LogP contribution in [0.3, 0.4) is 0 Å². The van der Waals surface area contributed by atoms with Crippen LogP contribution in [-0.2, 0) is 6.18 Å². The highest BCUT2D eigenvalue weighted by Gasteiger charge is 2.43. The van der Waals surface area contributed by atoms with Crippen molar-refractivity contribution in [1.29, 1.82) is 0 Å². The summed E-state index contributed by atoms with van der Waals surface area (Å²) in [4.78, 5) is 0. The van der Waals surface area contributed by atoms with Gasteiger partial charge >= 0.3 is 12.4 Å². The number of nitrogens with two attached hydrogens (primary N) is 2. The molecular formula is C9H8F6N2. The van der Waals surface area contributed by atoms with E-state index >= 15 is 0 Å². The van der Waals surface area contributed by atoms with Gasteiger partial charge in [0.15, 0.2) is 0 Å². The van der Waals surface area contributed by atoms with Gasteiger partial charge < -0.3 is 11.5 Å². The van der Waals surface area contributed by atoms with Gasteiger partial charge in [0.2, 0.25) is 0 Å². The van der Waals surface area contributed by atoms with Gasteiger partial charge in [0.1, 0.15) is 6.04 Å². The van der Waals surface area contributed by atoms with Gasteiger partial charge in [-0.2, -0.15) is 26.3 Å². The number of halogens is 6. The summed E-state index contributed by atoms with van der Waals surface area (Å²) in [6.07, 6.45) is -9.89. The summed E-state index contributed by atoms with van der Waals surface area (Å²) in [6.45, 7) is 0. The molecule has 1 atom stereocenters. The molecule has 1 aromatic rings. The number of nitrogen functional groups attached to an aromatic ring is 1. The molecule has 0 heterocycles. The van der Waals surface area contributed by atoms with Gasteiger partial charge in [-0.1, -0.05) is 6.07 Å². The Labute approximate surface area is 92.2 Å². The van der Waals surface area contributed by atoms with Crippen molar-refractivity contribution in [3.63, 3.8) is 0 Å². The number of rotatable bonds is 1. The highest BCUT2D eigenvalue weighted by atomic mass is 19.4. The molecule has 0 saturated carbocycles. The molecule has 0 aliphatic rings.